The van der Waals surface area contributed by atoms with Crippen LogP contribution in [0.5, 0.6) is 0 Å². The Hall–Kier alpha value is -2.72. The second-order valence-electron chi connectivity index (χ2n) is 13.3. The first-order chi connectivity index (χ1) is 18.3. The fraction of sp³-hybridized carbons (Fsp3) is 0.821. The zero-order valence-electron chi connectivity index (χ0n) is 23.6. The van der Waals surface area contributed by atoms with Gasteiger partial charge in [0.05, 0.1) is 11.6 Å². The molecule has 218 valence electrons. The minimum atomic E-state index is -1.09. The highest BCUT2D eigenvalue weighted by Gasteiger charge is 2.69. The smallest absolute Gasteiger partial charge is 0.315 e. The molecule has 39 heavy (non-hydrogen) atoms. The maximum Gasteiger partial charge on any atom is 0.315 e. The van der Waals surface area contributed by atoms with E-state index in [1.54, 1.807) is 18.7 Å². The molecule has 1 saturated heterocycles. The molecule has 5 amide bonds. The number of fused-ring (bicyclic) bond motifs is 1. The number of rotatable bonds is 11. The standard InChI is InChI=1S/C28H44FN5O5/c1-27(2,14-29)33-26(39)32-20(16-8-6-5-7-9-16)25(38)34-13-17-19(28(17,3)4)21(34)24(37)31-18(12-15-10-11-15)22(35)23(30)36/h15-21H,5-14H2,1-4H3,(H2,30,36)(H,31,37)(H2,32,33,39)/t17-,18?,19-,20-,21-/m0/s1. The number of ketones is 1. The van der Waals surface area contributed by atoms with E-state index in [1.807, 2.05) is 0 Å². The van der Waals surface area contributed by atoms with Crippen molar-refractivity contribution >= 4 is 29.5 Å². The highest BCUT2D eigenvalue weighted by atomic mass is 19.1. The van der Waals surface area contributed by atoms with Crippen LogP contribution in [0.15, 0.2) is 0 Å². The summed E-state index contributed by atoms with van der Waals surface area (Å²) in [6, 6.07) is -3.31. The third kappa shape index (κ3) is 6.38. The number of primary amides is 1. The lowest BCUT2D eigenvalue weighted by Gasteiger charge is -2.37. The van der Waals surface area contributed by atoms with Gasteiger partial charge in [0, 0.05) is 6.54 Å². The first kappa shape index (κ1) is 29.3. The van der Waals surface area contributed by atoms with Crippen molar-refractivity contribution in [1.29, 1.82) is 0 Å². The van der Waals surface area contributed by atoms with E-state index < -0.39 is 54.0 Å². The fourth-order valence-electron chi connectivity index (χ4n) is 6.71. The molecule has 5 atom stereocenters. The van der Waals surface area contributed by atoms with Crippen LogP contribution < -0.4 is 21.7 Å². The van der Waals surface area contributed by atoms with Crippen molar-refractivity contribution < 1.29 is 28.4 Å². The van der Waals surface area contributed by atoms with Gasteiger partial charge in [-0.05, 0) is 62.2 Å². The van der Waals surface area contributed by atoms with Gasteiger partial charge in [-0.15, -0.1) is 0 Å². The van der Waals surface area contributed by atoms with E-state index in [1.165, 1.54) is 0 Å². The number of piperidine rings is 1. The van der Waals surface area contributed by atoms with Gasteiger partial charge in [-0.1, -0.05) is 46.0 Å². The van der Waals surface area contributed by atoms with Crippen LogP contribution in [-0.4, -0.2) is 71.3 Å². The van der Waals surface area contributed by atoms with Gasteiger partial charge < -0.3 is 26.6 Å². The second kappa shape index (κ2) is 11.0. The summed E-state index contributed by atoms with van der Waals surface area (Å²) in [5.74, 6) is -2.55. The topological polar surface area (TPSA) is 151 Å². The number of nitrogens with two attached hydrogens (primary N) is 1. The number of carbonyl (C=O) groups is 5. The number of nitrogens with one attached hydrogen (secondary N) is 3. The van der Waals surface area contributed by atoms with Crippen LogP contribution in [0.3, 0.4) is 0 Å². The predicted molar refractivity (Wildman–Crippen MR) is 142 cm³/mol. The van der Waals surface area contributed by atoms with Crippen molar-refractivity contribution in [2.24, 2.45) is 34.8 Å². The zero-order valence-corrected chi connectivity index (χ0v) is 23.6. The molecule has 1 unspecified atom stereocenters. The minimum Gasteiger partial charge on any atom is -0.363 e. The molecule has 10 nitrogen and oxygen atoms in total. The van der Waals surface area contributed by atoms with Crippen LogP contribution in [0, 0.1) is 29.1 Å². The molecule has 1 heterocycles. The van der Waals surface area contributed by atoms with Gasteiger partial charge in [0.25, 0.3) is 5.91 Å². The van der Waals surface area contributed by atoms with Crippen molar-refractivity contribution in [3.63, 3.8) is 0 Å². The maximum atomic E-state index is 14.1. The quantitative estimate of drug-likeness (QED) is 0.290. The monoisotopic (exact) mass is 549 g/mol. The van der Waals surface area contributed by atoms with E-state index in [0.717, 1.165) is 44.9 Å². The van der Waals surface area contributed by atoms with Crippen molar-refractivity contribution in [2.45, 2.75) is 103 Å². The molecule has 0 spiro atoms. The number of carbonyl (C=O) groups excluding carboxylic acids is 5. The number of hydrogen-bond donors (Lipinski definition) is 4. The van der Waals surface area contributed by atoms with Crippen LogP contribution >= 0.6 is 0 Å². The van der Waals surface area contributed by atoms with Crippen LogP contribution in [0.1, 0.15) is 79.1 Å². The van der Waals surface area contributed by atoms with Crippen molar-refractivity contribution in [3.05, 3.63) is 0 Å². The van der Waals surface area contributed by atoms with Gasteiger partial charge in [-0.3, -0.25) is 19.2 Å². The molecule has 11 heteroatoms. The Bertz CT molecular complexity index is 1010. The van der Waals surface area contributed by atoms with Crippen LogP contribution in [0.25, 0.3) is 0 Å². The number of alkyl halides is 1. The maximum absolute atomic E-state index is 14.1. The molecule has 0 bridgehead atoms. The first-order valence-electron chi connectivity index (χ1n) is 14.4. The SMILES string of the molecule is CC(C)(CF)NC(=O)N[C@H](C(=O)N1C[C@H]2[C@@H]([C@H]1C(=O)NC(CC1CC1)C(=O)C(N)=O)C2(C)C)C1CCCCC1. The number of halogens is 1. The molecule has 3 aliphatic carbocycles. The van der Waals surface area contributed by atoms with Crippen LogP contribution in [0.4, 0.5) is 9.18 Å². The Balaban J connectivity index is 1.55. The molecular formula is C28H44FN5O5. The van der Waals surface area contributed by atoms with E-state index in [0.29, 0.717) is 13.0 Å². The summed E-state index contributed by atoms with van der Waals surface area (Å²) < 4.78 is 13.4. The van der Waals surface area contributed by atoms with Gasteiger partial charge >= 0.3 is 6.03 Å². The molecule has 0 aromatic carbocycles. The summed E-state index contributed by atoms with van der Waals surface area (Å²) in [5, 5.41) is 8.18. The summed E-state index contributed by atoms with van der Waals surface area (Å²) in [6.07, 6.45) is 6.68. The van der Waals surface area contributed by atoms with Crippen molar-refractivity contribution in [3.8, 4) is 0 Å². The number of amides is 5. The van der Waals surface area contributed by atoms with E-state index in [9.17, 15) is 28.4 Å². The van der Waals surface area contributed by atoms with Gasteiger partial charge in [0.15, 0.2) is 0 Å². The molecule has 5 N–H and O–H groups in total. The molecule has 4 rings (SSSR count). The second-order valence-corrected chi connectivity index (χ2v) is 13.3. The summed E-state index contributed by atoms with van der Waals surface area (Å²) in [5.41, 5.74) is 4.02. The zero-order chi connectivity index (χ0) is 28.7. The first-order valence-corrected chi connectivity index (χ1v) is 14.4. The molecule has 4 aliphatic rings. The van der Waals surface area contributed by atoms with Crippen molar-refractivity contribution in [2.75, 3.05) is 13.2 Å². The number of urea groups is 1. The number of nitrogens with zero attached hydrogens (tertiary/aromatic N) is 1. The molecule has 0 aromatic heterocycles. The van der Waals surface area contributed by atoms with Crippen LogP contribution in [0.2, 0.25) is 0 Å². The van der Waals surface area contributed by atoms with Gasteiger partial charge in [0.2, 0.25) is 17.6 Å². The van der Waals surface area contributed by atoms with E-state index >= 15 is 0 Å². The predicted octanol–water partition coefficient (Wildman–Crippen LogP) is 1.80. The van der Waals surface area contributed by atoms with Crippen molar-refractivity contribution in [1.82, 2.24) is 20.9 Å². The van der Waals surface area contributed by atoms with Gasteiger partial charge in [-0.2, -0.15) is 0 Å². The molecule has 1 aliphatic heterocycles. The molecular weight excluding hydrogens is 505 g/mol. The Morgan fingerprint density at radius 3 is 2.23 bits per heavy atom. The van der Waals surface area contributed by atoms with E-state index in [4.69, 9.17) is 5.73 Å². The van der Waals surface area contributed by atoms with Gasteiger partial charge in [-0.25, -0.2) is 9.18 Å². The largest absolute Gasteiger partial charge is 0.363 e. The summed E-state index contributed by atoms with van der Waals surface area (Å²) in [6.45, 7) is 6.85. The lowest BCUT2D eigenvalue weighted by Crippen LogP contribution is -2.61. The minimum absolute atomic E-state index is 0.0989. The Morgan fingerprint density at radius 1 is 1.03 bits per heavy atom. The highest BCUT2D eigenvalue weighted by molar-refractivity contribution is 6.37. The van der Waals surface area contributed by atoms with Crippen LogP contribution in [-0.2, 0) is 19.2 Å². The fourth-order valence-corrected chi connectivity index (χ4v) is 6.71. The third-order valence-corrected chi connectivity index (χ3v) is 9.36. The average Bonchev–Trinajstić information content (AvgIpc) is 3.73. The van der Waals surface area contributed by atoms with Gasteiger partial charge in [0.1, 0.15) is 18.8 Å². The molecule has 4 fully saturated rings. The lowest BCUT2D eigenvalue weighted by molar-refractivity contribution is -0.144. The molecule has 0 radical (unpaired) electrons. The Kier molecular flexibility index (Phi) is 8.28. The van der Waals surface area contributed by atoms with E-state index in [-0.39, 0.29) is 35.0 Å². The number of likely N-dealkylation sites (tertiary alicyclic amines) is 1. The summed E-state index contributed by atoms with van der Waals surface area (Å²) >= 11 is 0. The summed E-state index contributed by atoms with van der Waals surface area (Å²) in [4.78, 5) is 66.4. The Morgan fingerprint density at radius 2 is 1.67 bits per heavy atom. The average molecular weight is 550 g/mol. The lowest BCUT2D eigenvalue weighted by atomic mass is 9.83. The normalized spacial score (nSPS) is 27.6. The Labute approximate surface area is 229 Å². The highest BCUT2D eigenvalue weighted by Crippen LogP contribution is 2.65. The van der Waals surface area contributed by atoms with E-state index in [2.05, 4.69) is 29.8 Å². The molecule has 0 aromatic rings. The molecule has 3 saturated carbocycles. The third-order valence-electron chi connectivity index (χ3n) is 9.36. The summed E-state index contributed by atoms with van der Waals surface area (Å²) in [7, 11) is 0. The number of hydrogen-bond acceptors (Lipinski definition) is 5. The number of Topliss-reactive ketones (excluding diaryl/α,β-unsaturated/α-hetero) is 1.